The van der Waals surface area contributed by atoms with Crippen LogP contribution >= 0.6 is 58.0 Å². The summed E-state index contributed by atoms with van der Waals surface area (Å²) in [5.74, 6) is 0. The van der Waals surface area contributed by atoms with E-state index in [1.165, 1.54) is 0 Å². The van der Waals surface area contributed by atoms with E-state index in [0.717, 1.165) is 28.1 Å². The van der Waals surface area contributed by atoms with E-state index in [1.807, 2.05) is 29.8 Å². The maximum absolute atomic E-state index is 6.27. The Morgan fingerprint density at radius 3 is 2.03 bits per heavy atom. The lowest BCUT2D eigenvalue weighted by atomic mass is 10.0. The van der Waals surface area contributed by atoms with Crippen molar-refractivity contribution in [2.24, 2.45) is 0 Å². The number of rotatable bonds is 4. The average Bonchev–Trinajstić information content (AvgIpc) is 3.23. The van der Waals surface area contributed by atoms with Crippen molar-refractivity contribution in [2.45, 2.75) is 13.6 Å². The van der Waals surface area contributed by atoms with Crippen LogP contribution in [0.1, 0.15) is 5.56 Å². The van der Waals surface area contributed by atoms with Crippen molar-refractivity contribution in [1.82, 2.24) is 19.6 Å². The topological polar surface area (TPSA) is 35.6 Å². The molecule has 0 spiro atoms. The van der Waals surface area contributed by atoms with Crippen molar-refractivity contribution in [3.8, 4) is 22.5 Å². The van der Waals surface area contributed by atoms with Gasteiger partial charge in [-0.05, 0) is 31.2 Å². The minimum Gasteiger partial charge on any atom is -0.250 e. The molecule has 0 saturated carbocycles. The van der Waals surface area contributed by atoms with Gasteiger partial charge in [-0.15, -0.1) is 0 Å². The summed E-state index contributed by atoms with van der Waals surface area (Å²) < 4.78 is 3.55. The number of benzene rings is 2. The number of nitrogens with zero attached hydrogens (tertiary/aromatic N) is 4. The molecule has 4 nitrogen and oxygen atoms in total. The molecule has 0 N–H and O–H groups in total. The monoisotopic (exact) mass is 484 g/mol. The van der Waals surface area contributed by atoms with Crippen LogP contribution in [0.4, 0.5) is 0 Å². The number of hydrogen-bond donors (Lipinski definition) is 0. The third kappa shape index (κ3) is 4.14. The highest BCUT2D eigenvalue weighted by molar-refractivity contribution is 6.42. The van der Waals surface area contributed by atoms with Gasteiger partial charge in [0, 0.05) is 22.9 Å². The highest BCUT2D eigenvalue weighted by Gasteiger charge is 2.19. The summed E-state index contributed by atoms with van der Waals surface area (Å²) in [5.41, 5.74) is 4.36. The lowest BCUT2D eigenvalue weighted by Gasteiger charge is -2.10. The van der Waals surface area contributed by atoms with Crippen molar-refractivity contribution in [3.63, 3.8) is 0 Å². The molecule has 0 aliphatic rings. The zero-order chi connectivity index (χ0) is 20.7. The molecule has 2 aromatic heterocycles. The molecular formula is C20H13Cl5N4. The zero-order valence-corrected chi connectivity index (χ0v) is 18.8. The Balaban J connectivity index is 1.89. The first-order valence-corrected chi connectivity index (χ1v) is 10.4. The molecule has 0 unspecified atom stereocenters. The van der Waals surface area contributed by atoms with Crippen molar-refractivity contribution in [1.29, 1.82) is 0 Å². The normalized spacial score (nSPS) is 11.2. The van der Waals surface area contributed by atoms with Crippen molar-refractivity contribution < 1.29 is 0 Å². The Morgan fingerprint density at radius 1 is 0.828 bits per heavy atom. The molecule has 0 atom stereocenters. The summed E-state index contributed by atoms with van der Waals surface area (Å²) >= 11 is 30.7. The van der Waals surface area contributed by atoms with Gasteiger partial charge in [-0.1, -0.05) is 70.1 Å². The van der Waals surface area contributed by atoms with Gasteiger partial charge < -0.3 is 0 Å². The van der Waals surface area contributed by atoms with Gasteiger partial charge in [0.05, 0.1) is 42.7 Å². The smallest absolute Gasteiger partial charge is 0.133 e. The highest BCUT2D eigenvalue weighted by Crippen LogP contribution is 2.36. The van der Waals surface area contributed by atoms with E-state index in [4.69, 9.17) is 63.1 Å². The van der Waals surface area contributed by atoms with Crippen LogP contribution in [0, 0.1) is 6.92 Å². The van der Waals surface area contributed by atoms with E-state index in [2.05, 4.69) is 5.10 Å². The minimum absolute atomic E-state index is 0.366. The van der Waals surface area contributed by atoms with Crippen LogP contribution in [-0.4, -0.2) is 19.6 Å². The summed E-state index contributed by atoms with van der Waals surface area (Å²) in [6.45, 7) is 2.36. The molecule has 148 valence electrons. The molecule has 0 fully saturated rings. The maximum Gasteiger partial charge on any atom is 0.133 e. The van der Waals surface area contributed by atoms with Crippen LogP contribution in [0.5, 0.6) is 0 Å². The average molecular weight is 487 g/mol. The van der Waals surface area contributed by atoms with Gasteiger partial charge in [-0.2, -0.15) is 10.2 Å². The number of halogens is 5. The standard InChI is InChI=1S/C20H13Cl5N4/c1-11-19(12-2-4-15(22)17(24)6-12)27-29(10-28-9-14(21)8-26-28)20(11)13-3-5-16(23)18(25)7-13/h2-9H,10H2,1H3. The SMILES string of the molecule is Cc1c(-c2ccc(Cl)c(Cl)c2)nn(Cn2cc(Cl)cn2)c1-c1ccc(Cl)c(Cl)c1. The van der Waals surface area contributed by atoms with Gasteiger partial charge in [-0.3, -0.25) is 0 Å². The van der Waals surface area contributed by atoms with Crippen LogP contribution in [-0.2, 0) is 6.67 Å². The van der Waals surface area contributed by atoms with Crippen LogP contribution in [0.2, 0.25) is 25.1 Å². The van der Waals surface area contributed by atoms with Crippen LogP contribution in [0.3, 0.4) is 0 Å². The van der Waals surface area contributed by atoms with Gasteiger partial charge in [0.25, 0.3) is 0 Å². The number of hydrogen-bond acceptors (Lipinski definition) is 2. The molecule has 0 bridgehead atoms. The fourth-order valence-corrected chi connectivity index (χ4v) is 3.89. The fourth-order valence-electron chi connectivity index (χ4n) is 3.13. The third-order valence-corrected chi connectivity index (χ3v) is 6.13. The predicted molar refractivity (Wildman–Crippen MR) is 121 cm³/mol. The Morgan fingerprint density at radius 2 is 1.45 bits per heavy atom. The van der Waals surface area contributed by atoms with Gasteiger partial charge in [0.1, 0.15) is 6.67 Å². The van der Waals surface area contributed by atoms with E-state index < -0.39 is 0 Å². The zero-order valence-electron chi connectivity index (χ0n) is 15.0. The molecular weight excluding hydrogens is 474 g/mol. The van der Waals surface area contributed by atoms with Crippen LogP contribution in [0.25, 0.3) is 22.5 Å². The second kappa shape index (κ2) is 8.21. The van der Waals surface area contributed by atoms with Gasteiger partial charge >= 0.3 is 0 Å². The Hall–Kier alpha value is -1.69. The van der Waals surface area contributed by atoms with E-state index in [1.54, 1.807) is 35.3 Å². The van der Waals surface area contributed by atoms with E-state index >= 15 is 0 Å². The predicted octanol–water partition coefficient (Wildman–Crippen LogP) is 7.49. The molecule has 9 heteroatoms. The maximum atomic E-state index is 6.27. The summed E-state index contributed by atoms with van der Waals surface area (Å²) in [6.07, 6.45) is 3.31. The van der Waals surface area contributed by atoms with Crippen molar-refractivity contribution in [3.05, 3.63) is 79.5 Å². The molecule has 0 radical (unpaired) electrons. The largest absolute Gasteiger partial charge is 0.250 e. The molecule has 0 aliphatic heterocycles. The first kappa shape index (κ1) is 20.6. The molecule has 0 amide bonds. The third-order valence-electron chi connectivity index (χ3n) is 4.46. The van der Waals surface area contributed by atoms with Gasteiger partial charge in [0.15, 0.2) is 0 Å². The molecule has 0 aliphatic carbocycles. The van der Waals surface area contributed by atoms with Crippen LogP contribution in [0.15, 0.2) is 48.8 Å². The summed E-state index contributed by atoms with van der Waals surface area (Å²) in [7, 11) is 0. The van der Waals surface area contributed by atoms with E-state index in [9.17, 15) is 0 Å². The fraction of sp³-hybridized carbons (Fsp3) is 0.100. The van der Waals surface area contributed by atoms with Crippen molar-refractivity contribution >= 4 is 58.0 Å². The summed E-state index contributed by atoms with van der Waals surface area (Å²) in [6, 6.07) is 10.9. The lowest BCUT2D eigenvalue weighted by molar-refractivity contribution is 0.508. The first-order valence-electron chi connectivity index (χ1n) is 8.49. The second-order valence-electron chi connectivity index (χ2n) is 6.42. The summed E-state index contributed by atoms with van der Waals surface area (Å²) in [4.78, 5) is 0. The first-order chi connectivity index (χ1) is 13.8. The van der Waals surface area contributed by atoms with E-state index in [0.29, 0.717) is 31.8 Å². The lowest BCUT2D eigenvalue weighted by Crippen LogP contribution is -2.11. The minimum atomic E-state index is 0.366. The second-order valence-corrected chi connectivity index (χ2v) is 8.48. The Labute approximate surface area is 192 Å². The molecule has 4 aromatic rings. The van der Waals surface area contributed by atoms with Gasteiger partial charge in [0.2, 0.25) is 0 Å². The van der Waals surface area contributed by atoms with Gasteiger partial charge in [-0.25, -0.2) is 9.36 Å². The van der Waals surface area contributed by atoms with E-state index in [-0.39, 0.29) is 0 Å². The Bertz CT molecular complexity index is 1210. The molecule has 0 saturated heterocycles. The molecule has 29 heavy (non-hydrogen) atoms. The highest BCUT2D eigenvalue weighted by atomic mass is 35.5. The quantitative estimate of drug-likeness (QED) is 0.299. The number of aromatic nitrogens is 4. The molecule has 2 aromatic carbocycles. The van der Waals surface area contributed by atoms with Crippen LogP contribution < -0.4 is 0 Å². The Kier molecular flexibility index (Phi) is 5.83. The molecule has 2 heterocycles. The summed E-state index contributed by atoms with van der Waals surface area (Å²) in [5, 5.41) is 11.5. The molecule has 4 rings (SSSR count). The van der Waals surface area contributed by atoms with Crippen molar-refractivity contribution in [2.75, 3.05) is 0 Å².